The minimum Gasteiger partial charge on any atom is -0.354 e. The zero-order chi connectivity index (χ0) is 18.0. The quantitative estimate of drug-likeness (QED) is 0.759. The number of benzene rings is 1. The predicted octanol–water partition coefficient (Wildman–Crippen LogP) is 2.11. The minimum absolute atomic E-state index is 0.175. The monoisotopic (exact) mass is 353 g/mol. The number of carbonyl (C=O) groups excluding carboxylic acids is 1. The molecule has 1 N–H and O–H groups in total. The zero-order valence-electron chi connectivity index (χ0n) is 13.2. The molecule has 10 heteroatoms. The van der Waals surface area contributed by atoms with Gasteiger partial charge in [0.2, 0.25) is 17.6 Å². The van der Waals surface area contributed by atoms with Crippen molar-refractivity contribution in [2.24, 2.45) is 0 Å². The number of hydrogen-bond donors (Lipinski definition) is 1. The van der Waals surface area contributed by atoms with Crippen molar-refractivity contribution in [1.29, 1.82) is 0 Å². The normalized spacial score (nSPS) is 11.8. The lowest BCUT2D eigenvalue weighted by atomic mass is 10.3. The smallest absolute Gasteiger partial charge is 0.354 e. The van der Waals surface area contributed by atoms with Crippen molar-refractivity contribution in [3.8, 4) is 0 Å². The van der Waals surface area contributed by atoms with E-state index in [1.807, 2.05) is 0 Å². The molecule has 2 heterocycles. The minimum atomic E-state index is -4.65. The summed E-state index contributed by atoms with van der Waals surface area (Å²) in [6, 6.07) is 6.14. The second-order valence-corrected chi connectivity index (χ2v) is 5.34. The maximum absolute atomic E-state index is 13.2. The maximum atomic E-state index is 13.2. The zero-order valence-corrected chi connectivity index (χ0v) is 13.2. The summed E-state index contributed by atoms with van der Waals surface area (Å²) in [5.41, 5.74) is 0.432. The number of nitrogens with one attached hydrogen (secondary N) is 1. The van der Waals surface area contributed by atoms with Crippen molar-refractivity contribution in [1.82, 2.24) is 25.0 Å². The van der Waals surface area contributed by atoms with Crippen LogP contribution in [0.25, 0.3) is 11.0 Å². The SMILES string of the molecule is Cc1noc(CCNC(=O)Cn2c(C(F)(F)F)nc3ccccc32)n1. The van der Waals surface area contributed by atoms with Gasteiger partial charge in [-0.2, -0.15) is 18.2 Å². The highest BCUT2D eigenvalue weighted by Gasteiger charge is 2.37. The van der Waals surface area contributed by atoms with Crippen LogP contribution in [0.1, 0.15) is 17.5 Å². The summed E-state index contributed by atoms with van der Waals surface area (Å²) >= 11 is 0. The number of halogens is 3. The molecule has 7 nitrogen and oxygen atoms in total. The molecule has 0 saturated carbocycles. The molecule has 0 aliphatic carbocycles. The molecule has 132 valence electrons. The summed E-state index contributed by atoms with van der Waals surface area (Å²) < 4.78 is 45.3. The number of para-hydroxylation sites is 2. The van der Waals surface area contributed by atoms with Crippen LogP contribution in [-0.4, -0.2) is 32.1 Å². The van der Waals surface area contributed by atoms with Gasteiger partial charge in [0.1, 0.15) is 6.54 Å². The van der Waals surface area contributed by atoms with Crippen LogP contribution < -0.4 is 5.32 Å². The Kier molecular flexibility index (Phi) is 4.43. The topological polar surface area (TPSA) is 85.8 Å². The van der Waals surface area contributed by atoms with Gasteiger partial charge in [-0.1, -0.05) is 17.3 Å². The Morgan fingerprint density at radius 1 is 1.28 bits per heavy atom. The molecule has 0 saturated heterocycles. The predicted molar refractivity (Wildman–Crippen MR) is 80.5 cm³/mol. The molecule has 0 spiro atoms. The number of aromatic nitrogens is 4. The van der Waals surface area contributed by atoms with Gasteiger partial charge < -0.3 is 14.4 Å². The van der Waals surface area contributed by atoms with Gasteiger partial charge in [0.25, 0.3) is 0 Å². The summed E-state index contributed by atoms with van der Waals surface area (Å²) in [5, 5.41) is 6.15. The van der Waals surface area contributed by atoms with Crippen LogP contribution in [0.5, 0.6) is 0 Å². The van der Waals surface area contributed by atoms with Crippen molar-refractivity contribution >= 4 is 16.9 Å². The van der Waals surface area contributed by atoms with Gasteiger partial charge in [-0.3, -0.25) is 4.79 Å². The third kappa shape index (κ3) is 3.78. The summed E-state index contributed by atoms with van der Waals surface area (Å²) in [6.07, 6.45) is -4.36. The number of carbonyl (C=O) groups is 1. The van der Waals surface area contributed by atoms with Gasteiger partial charge in [-0.05, 0) is 19.1 Å². The van der Waals surface area contributed by atoms with Gasteiger partial charge in [0, 0.05) is 13.0 Å². The fourth-order valence-electron chi connectivity index (χ4n) is 2.40. The van der Waals surface area contributed by atoms with Crippen LogP contribution >= 0.6 is 0 Å². The highest BCUT2D eigenvalue weighted by molar-refractivity contribution is 5.81. The van der Waals surface area contributed by atoms with Gasteiger partial charge in [-0.25, -0.2) is 4.98 Å². The molecule has 25 heavy (non-hydrogen) atoms. The van der Waals surface area contributed by atoms with E-state index in [0.717, 1.165) is 4.57 Å². The third-order valence-electron chi connectivity index (χ3n) is 3.44. The summed E-state index contributed by atoms with van der Waals surface area (Å²) in [5.74, 6) is -0.843. The number of amides is 1. The Balaban J connectivity index is 1.72. The fourth-order valence-corrected chi connectivity index (χ4v) is 2.40. The molecule has 0 radical (unpaired) electrons. The third-order valence-corrected chi connectivity index (χ3v) is 3.44. The van der Waals surface area contributed by atoms with E-state index < -0.39 is 24.5 Å². The Bertz CT molecular complexity index is 900. The van der Waals surface area contributed by atoms with E-state index >= 15 is 0 Å². The molecule has 0 fully saturated rings. The highest BCUT2D eigenvalue weighted by atomic mass is 19.4. The van der Waals surface area contributed by atoms with E-state index in [9.17, 15) is 18.0 Å². The van der Waals surface area contributed by atoms with Crippen LogP contribution in [-0.2, 0) is 23.9 Å². The second-order valence-electron chi connectivity index (χ2n) is 5.34. The van der Waals surface area contributed by atoms with Gasteiger partial charge in [0.05, 0.1) is 11.0 Å². The largest absolute Gasteiger partial charge is 0.449 e. The van der Waals surface area contributed by atoms with Crippen molar-refractivity contribution < 1.29 is 22.5 Å². The van der Waals surface area contributed by atoms with E-state index in [1.54, 1.807) is 19.1 Å². The van der Waals surface area contributed by atoms with Crippen LogP contribution in [0.3, 0.4) is 0 Å². The first-order valence-corrected chi connectivity index (χ1v) is 7.43. The lowest BCUT2D eigenvalue weighted by Crippen LogP contribution is -2.31. The number of aryl methyl sites for hydroxylation is 1. The number of imidazole rings is 1. The number of rotatable bonds is 5. The van der Waals surface area contributed by atoms with E-state index in [0.29, 0.717) is 18.1 Å². The molecule has 2 aromatic heterocycles. The number of hydrogen-bond acceptors (Lipinski definition) is 5. The Hall–Kier alpha value is -2.91. The molecular weight excluding hydrogens is 339 g/mol. The first-order chi connectivity index (χ1) is 11.8. The lowest BCUT2D eigenvalue weighted by molar-refractivity contribution is -0.147. The summed E-state index contributed by atoms with van der Waals surface area (Å²) in [4.78, 5) is 19.6. The lowest BCUT2D eigenvalue weighted by Gasteiger charge is -2.11. The molecule has 0 atom stereocenters. The molecule has 0 unspecified atom stereocenters. The van der Waals surface area contributed by atoms with Crippen molar-refractivity contribution in [3.63, 3.8) is 0 Å². The highest BCUT2D eigenvalue weighted by Crippen LogP contribution is 2.31. The first kappa shape index (κ1) is 16.9. The molecule has 0 aliphatic heterocycles. The van der Waals surface area contributed by atoms with Gasteiger partial charge in [0.15, 0.2) is 5.82 Å². The van der Waals surface area contributed by atoms with Crippen molar-refractivity contribution in [2.75, 3.05) is 6.54 Å². The van der Waals surface area contributed by atoms with Crippen LogP contribution in [0.4, 0.5) is 13.2 Å². The summed E-state index contributed by atoms with van der Waals surface area (Å²) in [7, 11) is 0. The van der Waals surface area contributed by atoms with Gasteiger partial charge in [-0.15, -0.1) is 0 Å². The van der Waals surface area contributed by atoms with Crippen molar-refractivity contribution in [2.45, 2.75) is 26.1 Å². The van der Waals surface area contributed by atoms with E-state index in [1.165, 1.54) is 12.1 Å². The first-order valence-electron chi connectivity index (χ1n) is 7.43. The molecule has 3 rings (SSSR count). The molecular formula is C15H14F3N5O2. The van der Waals surface area contributed by atoms with Crippen LogP contribution in [0, 0.1) is 6.92 Å². The average molecular weight is 353 g/mol. The average Bonchev–Trinajstić information content (AvgIpc) is 3.11. The van der Waals surface area contributed by atoms with Crippen LogP contribution in [0.15, 0.2) is 28.8 Å². The van der Waals surface area contributed by atoms with Crippen LogP contribution in [0.2, 0.25) is 0 Å². The van der Waals surface area contributed by atoms with E-state index in [2.05, 4.69) is 20.4 Å². The second kappa shape index (κ2) is 6.54. The van der Waals surface area contributed by atoms with E-state index in [-0.39, 0.29) is 17.6 Å². The van der Waals surface area contributed by atoms with Gasteiger partial charge >= 0.3 is 6.18 Å². The molecule has 0 aliphatic rings. The van der Waals surface area contributed by atoms with E-state index in [4.69, 9.17) is 4.52 Å². The Morgan fingerprint density at radius 2 is 2.04 bits per heavy atom. The summed E-state index contributed by atoms with van der Waals surface area (Å²) in [6.45, 7) is 1.35. The molecule has 0 bridgehead atoms. The Morgan fingerprint density at radius 3 is 2.72 bits per heavy atom. The van der Waals surface area contributed by atoms with Crippen molar-refractivity contribution in [3.05, 3.63) is 41.8 Å². The Labute approximate surface area is 139 Å². The fraction of sp³-hybridized carbons (Fsp3) is 0.333. The molecule has 1 aromatic carbocycles. The number of nitrogens with zero attached hydrogens (tertiary/aromatic N) is 4. The maximum Gasteiger partial charge on any atom is 0.449 e. The molecule has 1 amide bonds. The number of alkyl halides is 3. The molecule has 3 aromatic rings. The number of fused-ring (bicyclic) bond motifs is 1. The standard InChI is InChI=1S/C15H14F3N5O2/c1-9-20-13(25-22-9)6-7-19-12(24)8-23-11-5-3-2-4-10(11)21-14(23)15(16,17)18/h2-5H,6-8H2,1H3,(H,19,24).